The zero-order valence-corrected chi connectivity index (χ0v) is 8.49. The number of hydrogen-bond acceptors (Lipinski definition) is 5. The molecule has 0 saturated carbocycles. The number of anilines is 2. The maximum atomic E-state index is 4.29. The Bertz CT molecular complexity index is 308. The van der Waals surface area contributed by atoms with Gasteiger partial charge in [0, 0.05) is 26.3 Å². The second kappa shape index (κ2) is 3.79. The minimum atomic E-state index is 0.527. The van der Waals surface area contributed by atoms with Crippen molar-refractivity contribution in [2.45, 2.75) is 6.04 Å². The van der Waals surface area contributed by atoms with Crippen LogP contribution in [0.1, 0.15) is 0 Å². The molecule has 0 unspecified atom stereocenters. The molecule has 2 heterocycles. The van der Waals surface area contributed by atoms with Gasteiger partial charge in [-0.25, -0.2) is 4.98 Å². The Morgan fingerprint density at radius 1 is 1.50 bits per heavy atom. The molecule has 0 aromatic carbocycles. The topological polar surface area (TPSA) is 53.1 Å². The summed E-state index contributed by atoms with van der Waals surface area (Å²) in [5, 5.41) is 6.26. The van der Waals surface area contributed by atoms with Crippen molar-refractivity contribution in [1.82, 2.24) is 14.9 Å². The van der Waals surface area contributed by atoms with E-state index in [0.717, 1.165) is 18.9 Å². The molecule has 0 spiro atoms. The lowest BCUT2D eigenvalue weighted by Crippen LogP contribution is -2.52. The Kier molecular flexibility index (Phi) is 2.49. The third-order valence-electron chi connectivity index (χ3n) is 2.30. The predicted molar refractivity (Wildman–Crippen MR) is 56.5 cm³/mol. The molecule has 1 aliphatic heterocycles. The molecule has 0 atom stereocenters. The van der Waals surface area contributed by atoms with E-state index >= 15 is 0 Å². The van der Waals surface area contributed by atoms with Crippen molar-refractivity contribution < 1.29 is 0 Å². The van der Waals surface area contributed by atoms with Crippen LogP contribution in [0.5, 0.6) is 0 Å². The van der Waals surface area contributed by atoms with Gasteiger partial charge in [0.25, 0.3) is 0 Å². The summed E-state index contributed by atoms with van der Waals surface area (Å²) in [6, 6.07) is 2.42. The monoisotopic (exact) mass is 193 g/mol. The fourth-order valence-electron chi connectivity index (χ4n) is 1.56. The molecule has 1 aromatic rings. The summed E-state index contributed by atoms with van der Waals surface area (Å²) in [5.74, 6) is 1.55. The minimum Gasteiger partial charge on any atom is -0.365 e. The zero-order chi connectivity index (χ0) is 9.97. The molecule has 0 radical (unpaired) electrons. The summed E-state index contributed by atoms with van der Waals surface area (Å²) in [4.78, 5) is 10.6. The number of likely N-dealkylation sites (N-methyl/N-ethyl adjacent to an activating group) is 1. The van der Waals surface area contributed by atoms with Gasteiger partial charge in [-0.1, -0.05) is 0 Å². The van der Waals surface area contributed by atoms with E-state index in [0.29, 0.717) is 12.0 Å². The molecular formula is C9H15N5. The lowest BCUT2D eigenvalue weighted by Gasteiger charge is -2.36. The van der Waals surface area contributed by atoms with Gasteiger partial charge in [0.1, 0.15) is 5.82 Å². The molecule has 5 nitrogen and oxygen atoms in total. The first-order valence-electron chi connectivity index (χ1n) is 4.74. The highest BCUT2D eigenvalue weighted by Gasteiger charge is 2.22. The average Bonchev–Trinajstić information content (AvgIpc) is 2.16. The van der Waals surface area contributed by atoms with Crippen molar-refractivity contribution in [3.8, 4) is 0 Å². The molecule has 1 saturated heterocycles. The lowest BCUT2D eigenvalue weighted by atomic mass is 10.1. The quantitative estimate of drug-likeness (QED) is 0.720. The number of likely N-dealkylation sites (tertiary alicyclic amines) is 1. The van der Waals surface area contributed by atoms with Gasteiger partial charge in [-0.2, -0.15) is 4.98 Å². The van der Waals surface area contributed by atoms with Gasteiger partial charge in [-0.05, 0) is 13.1 Å². The van der Waals surface area contributed by atoms with Crippen LogP contribution in [0.2, 0.25) is 0 Å². The van der Waals surface area contributed by atoms with Crippen LogP contribution >= 0.6 is 0 Å². The van der Waals surface area contributed by atoms with Crippen LogP contribution in [-0.4, -0.2) is 48.1 Å². The van der Waals surface area contributed by atoms with E-state index in [1.54, 1.807) is 6.20 Å². The summed E-state index contributed by atoms with van der Waals surface area (Å²) in [6.07, 6.45) is 1.75. The third kappa shape index (κ3) is 1.93. The molecular weight excluding hydrogens is 178 g/mol. The standard InChI is InChI=1S/C9H15N5/c1-10-9-11-4-3-8(13-9)12-7-5-14(2)6-7/h3-4,7H,5-6H2,1-2H3,(H2,10,11,12,13). The molecule has 1 aromatic heterocycles. The van der Waals surface area contributed by atoms with Crippen LogP contribution in [-0.2, 0) is 0 Å². The third-order valence-corrected chi connectivity index (χ3v) is 2.30. The van der Waals surface area contributed by atoms with Crippen molar-refractivity contribution in [3.05, 3.63) is 12.3 Å². The maximum absolute atomic E-state index is 4.29. The van der Waals surface area contributed by atoms with Gasteiger partial charge in [0.2, 0.25) is 5.95 Å². The second-order valence-electron chi connectivity index (χ2n) is 3.58. The van der Waals surface area contributed by atoms with Crippen LogP contribution in [0.25, 0.3) is 0 Å². The first-order chi connectivity index (χ1) is 6.78. The molecule has 0 amide bonds. The highest BCUT2D eigenvalue weighted by Crippen LogP contribution is 2.12. The van der Waals surface area contributed by atoms with E-state index in [1.807, 2.05) is 13.1 Å². The molecule has 0 bridgehead atoms. The number of nitrogens with zero attached hydrogens (tertiary/aromatic N) is 3. The van der Waals surface area contributed by atoms with Crippen LogP contribution in [0.4, 0.5) is 11.8 Å². The normalized spacial score (nSPS) is 17.6. The SMILES string of the molecule is CNc1nccc(NC2CN(C)C2)n1. The predicted octanol–water partition coefficient (Wildman–Crippen LogP) is 0.244. The molecule has 14 heavy (non-hydrogen) atoms. The van der Waals surface area contributed by atoms with Gasteiger partial charge in [-0.15, -0.1) is 0 Å². The summed E-state index contributed by atoms with van der Waals surface area (Å²) < 4.78 is 0. The van der Waals surface area contributed by atoms with Crippen molar-refractivity contribution in [2.24, 2.45) is 0 Å². The second-order valence-corrected chi connectivity index (χ2v) is 3.58. The van der Waals surface area contributed by atoms with Crippen molar-refractivity contribution in [1.29, 1.82) is 0 Å². The maximum Gasteiger partial charge on any atom is 0.224 e. The molecule has 1 fully saturated rings. The van der Waals surface area contributed by atoms with Crippen LogP contribution < -0.4 is 10.6 Å². The fourth-order valence-corrected chi connectivity index (χ4v) is 1.56. The number of rotatable bonds is 3. The van der Waals surface area contributed by atoms with Crippen molar-refractivity contribution in [3.63, 3.8) is 0 Å². The van der Waals surface area contributed by atoms with E-state index in [1.165, 1.54) is 0 Å². The van der Waals surface area contributed by atoms with Gasteiger partial charge >= 0.3 is 0 Å². The Labute approximate surface area is 83.5 Å². The Hall–Kier alpha value is -1.36. The number of nitrogens with one attached hydrogen (secondary N) is 2. The molecule has 2 rings (SSSR count). The summed E-state index contributed by atoms with van der Waals surface area (Å²) >= 11 is 0. The van der Waals surface area contributed by atoms with Gasteiger partial charge in [0.05, 0.1) is 6.04 Å². The van der Waals surface area contributed by atoms with Crippen LogP contribution in [0.3, 0.4) is 0 Å². The molecule has 0 aliphatic carbocycles. The first-order valence-corrected chi connectivity index (χ1v) is 4.74. The minimum absolute atomic E-state index is 0.527. The van der Waals surface area contributed by atoms with Gasteiger partial charge < -0.3 is 15.5 Å². The lowest BCUT2D eigenvalue weighted by molar-refractivity contribution is 0.205. The van der Waals surface area contributed by atoms with E-state index in [2.05, 4.69) is 32.5 Å². The van der Waals surface area contributed by atoms with E-state index in [9.17, 15) is 0 Å². The Morgan fingerprint density at radius 3 is 2.93 bits per heavy atom. The van der Waals surface area contributed by atoms with E-state index in [4.69, 9.17) is 0 Å². The molecule has 5 heteroatoms. The fraction of sp³-hybridized carbons (Fsp3) is 0.556. The smallest absolute Gasteiger partial charge is 0.224 e. The summed E-state index contributed by atoms with van der Waals surface area (Å²) in [5.41, 5.74) is 0. The highest BCUT2D eigenvalue weighted by molar-refractivity contribution is 5.40. The zero-order valence-electron chi connectivity index (χ0n) is 8.49. The van der Waals surface area contributed by atoms with Crippen molar-refractivity contribution in [2.75, 3.05) is 37.8 Å². The van der Waals surface area contributed by atoms with Crippen LogP contribution in [0.15, 0.2) is 12.3 Å². The first kappa shape index (κ1) is 9.21. The van der Waals surface area contributed by atoms with Gasteiger partial charge in [-0.3, -0.25) is 0 Å². The summed E-state index contributed by atoms with van der Waals surface area (Å²) in [7, 11) is 3.92. The molecule has 1 aliphatic rings. The largest absolute Gasteiger partial charge is 0.365 e. The highest BCUT2D eigenvalue weighted by atomic mass is 15.2. The summed E-state index contributed by atoms with van der Waals surface area (Å²) in [6.45, 7) is 2.16. The van der Waals surface area contributed by atoms with Gasteiger partial charge in [0.15, 0.2) is 0 Å². The Morgan fingerprint density at radius 2 is 2.29 bits per heavy atom. The van der Waals surface area contributed by atoms with Crippen LogP contribution in [0, 0.1) is 0 Å². The number of hydrogen-bond donors (Lipinski definition) is 2. The average molecular weight is 193 g/mol. The van der Waals surface area contributed by atoms with Crippen molar-refractivity contribution >= 4 is 11.8 Å². The molecule has 2 N–H and O–H groups in total. The molecule has 76 valence electrons. The van der Waals surface area contributed by atoms with E-state index < -0.39 is 0 Å². The van der Waals surface area contributed by atoms with E-state index in [-0.39, 0.29) is 0 Å². The Balaban J connectivity index is 1.95. The number of aromatic nitrogens is 2.